The SMILES string of the molecule is CCOC1=CC(=C2C=CC(=[N+](C)C)C=C2)Oc2ccccc21.[O-][Cl+3]([O-])([O-])[O-]. The highest BCUT2D eigenvalue weighted by Crippen LogP contribution is 2.35. The van der Waals surface area contributed by atoms with Crippen LogP contribution in [0, 0.1) is 10.2 Å². The summed E-state index contributed by atoms with van der Waals surface area (Å²) in [7, 11) is -0.884. The zero-order chi connectivity index (χ0) is 20.0. The van der Waals surface area contributed by atoms with Crippen molar-refractivity contribution in [2.45, 2.75) is 6.92 Å². The van der Waals surface area contributed by atoms with Gasteiger partial charge >= 0.3 is 0 Å². The molecular weight excluding hydrogens is 374 g/mol. The van der Waals surface area contributed by atoms with E-state index in [-0.39, 0.29) is 0 Å². The maximum atomic E-state index is 8.49. The Balaban J connectivity index is 0.000000465. The lowest BCUT2D eigenvalue weighted by molar-refractivity contribution is -2.00. The monoisotopic (exact) mass is 393 g/mol. The number of ether oxygens (including phenoxy) is 2. The lowest BCUT2D eigenvalue weighted by atomic mass is 10.0. The fourth-order valence-corrected chi connectivity index (χ4v) is 2.44. The summed E-state index contributed by atoms with van der Waals surface area (Å²) in [5.41, 5.74) is 3.20. The van der Waals surface area contributed by atoms with E-state index in [1.807, 2.05) is 51.4 Å². The molecule has 27 heavy (non-hydrogen) atoms. The molecule has 3 rings (SSSR count). The van der Waals surface area contributed by atoms with Crippen molar-refractivity contribution in [3.63, 3.8) is 0 Å². The van der Waals surface area contributed by atoms with Crippen molar-refractivity contribution in [3.8, 4) is 5.75 Å². The van der Waals surface area contributed by atoms with Gasteiger partial charge in [0, 0.05) is 23.8 Å². The second kappa shape index (κ2) is 8.98. The molecule has 1 heterocycles. The van der Waals surface area contributed by atoms with Gasteiger partial charge in [0.15, 0.2) is 5.71 Å². The Kier molecular flexibility index (Phi) is 6.95. The van der Waals surface area contributed by atoms with Crippen molar-refractivity contribution in [1.29, 1.82) is 0 Å². The van der Waals surface area contributed by atoms with Crippen LogP contribution in [-0.4, -0.2) is 31.0 Å². The zero-order valence-electron chi connectivity index (χ0n) is 15.2. The molecule has 0 saturated heterocycles. The lowest BCUT2D eigenvalue weighted by Crippen LogP contribution is -2.68. The summed E-state index contributed by atoms with van der Waals surface area (Å²) in [5, 5.41) is 0. The molecule has 7 nitrogen and oxygen atoms in total. The number of fused-ring (bicyclic) bond motifs is 1. The number of hydrogen-bond donors (Lipinski definition) is 0. The predicted molar refractivity (Wildman–Crippen MR) is 89.1 cm³/mol. The fourth-order valence-electron chi connectivity index (χ4n) is 2.44. The molecule has 1 aliphatic heterocycles. The fraction of sp³-hybridized carbons (Fsp3) is 0.211. The first-order chi connectivity index (χ1) is 12.7. The third kappa shape index (κ3) is 6.35. The summed E-state index contributed by atoms with van der Waals surface area (Å²) in [6.07, 6.45) is 10.3. The topological polar surface area (TPSA) is 114 Å². The van der Waals surface area contributed by atoms with Gasteiger partial charge in [-0.15, -0.1) is 10.2 Å². The Labute approximate surface area is 159 Å². The highest BCUT2D eigenvalue weighted by atomic mass is 35.7. The minimum absolute atomic E-state index is 0.632. The van der Waals surface area contributed by atoms with E-state index in [1.165, 1.54) is 0 Å². The number of para-hydroxylation sites is 1. The second-order valence-corrected chi connectivity index (χ2v) is 6.48. The van der Waals surface area contributed by atoms with E-state index in [2.05, 4.69) is 28.9 Å². The van der Waals surface area contributed by atoms with Gasteiger partial charge in [0.1, 0.15) is 31.4 Å². The van der Waals surface area contributed by atoms with Crippen LogP contribution < -0.4 is 23.4 Å². The average molecular weight is 394 g/mol. The second-order valence-electron chi connectivity index (χ2n) is 5.72. The Morgan fingerprint density at radius 3 is 2.15 bits per heavy atom. The van der Waals surface area contributed by atoms with E-state index in [9.17, 15) is 0 Å². The van der Waals surface area contributed by atoms with E-state index >= 15 is 0 Å². The number of halogens is 1. The molecule has 1 aromatic rings. The third-order valence-corrected chi connectivity index (χ3v) is 3.60. The van der Waals surface area contributed by atoms with Gasteiger partial charge in [0.05, 0.1) is 12.2 Å². The van der Waals surface area contributed by atoms with Gasteiger partial charge in [0.2, 0.25) is 0 Å². The van der Waals surface area contributed by atoms with Gasteiger partial charge < -0.3 is 9.47 Å². The molecule has 0 bridgehead atoms. The van der Waals surface area contributed by atoms with Crippen LogP contribution in [0.25, 0.3) is 5.76 Å². The Morgan fingerprint density at radius 2 is 1.59 bits per heavy atom. The Morgan fingerprint density at radius 1 is 1.00 bits per heavy atom. The molecule has 0 fully saturated rings. The van der Waals surface area contributed by atoms with Crippen molar-refractivity contribution in [1.82, 2.24) is 0 Å². The van der Waals surface area contributed by atoms with Crippen molar-refractivity contribution >= 4 is 11.5 Å². The summed E-state index contributed by atoms with van der Waals surface area (Å²) >= 11 is 0. The summed E-state index contributed by atoms with van der Waals surface area (Å²) in [5.74, 6) is 2.50. The van der Waals surface area contributed by atoms with E-state index in [4.69, 9.17) is 28.1 Å². The highest BCUT2D eigenvalue weighted by Gasteiger charge is 2.19. The quantitative estimate of drug-likeness (QED) is 0.583. The number of allylic oxidation sites excluding steroid dienone is 6. The molecule has 1 aromatic carbocycles. The first kappa shape index (κ1) is 20.9. The van der Waals surface area contributed by atoms with Gasteiger partial charge in [-0.2, -0.15) is 0 Å². The van der Waals surface area contributed by atoms with Crippen LogP contribution in [0.1, 0.15) is 12.5 Å². The summed E-state index contributed by atoms with van der Waals surface area (Å²) in [6.45, 7) is 2.62. The molecule has 1 aliphatic carbocycles. The summed E-state index contributed by atoms with van der Waals surface area (Å²) < 4.78 is 47.9. The molecule has 0 aromatic heterocycles. The van der Waals surface area contributed by atoms with Crippen LogP contribution in [0.15, 0.2) is 66.0 Å². The molecule has 0 saturated carbocycles. The van der Waals surface area contributed by atoms with E-state index in [0.717, 1.165) is 34.1 Å². The molecule has 144 valence electrons. The smallest absolute Gasteiger partial charge is 0.199 e. The molecule has 0 unspecified atom stereocenters. The molecule has 0 spiro atoms. The van der Waals surface area contributed by atoms with E-state index in [1.54, 1.807) is 0 Å². The normalized spacial score (nSPS) is 15.4. The molecule has 2 aliphatic rings. The van der Waals surface area contributed by atoms with Crippen LogP contribution in [0.4, 0.5) is 0 Å². The zero-order valence-corrected chi connectivity index (χ0v) is 15.9. The maximum Gasteiger partial charge on any atom is 0.199 e. The van der Waals surface area contributed by atoms with Crippen LogP contribution in [0.3, 0.4) is 0 Å². The first-order valence-corrected chi connectivity index (χ1v) is 9.30. The number of benzene rings is 1. The molecule has 0 amide bonds. The molecular formula is C19H20ClNO6. The van der Waals surface area contributed by atoms with Crippen LogP contribution in [-0.2, 0) is 4.74 Å². The number of hydrogen-bond acceptors (Lipinski definition) is 6. The molecule has 0 atom stereocenters. The Hall–Kier alpha value is -2.42. The van der Waals surface area contributed by atoms with E-state index in [0.29, 0.717) is 6.61 Å². The minimum Gasteiger partial charge on any atom is -0.493 e. The van der Waals surface area contributed by atoms with Crippen LogP contribution in [0.5, 0.6) is 5.75 Å². The largest absolute Gasteiger partial charge is 0.493 e. The van der Waals surface area contributed by atoms with Crippen molar-refractivity contribution in [2.24, 2.45) is 0 Å². The van der Waals surface area contributed by atoms with Crippen LogP contribution >= 0.6 is 0 Å². The van der Waals surface area contributed by atoms with Crippen molar-refractivity contribution in [2.75, 3.05) is 20.7 Å². The average Bonchev–Trinajstić information content (AvgIpc) is 2.60. The predicted octanol–water partition coefficient (Wildman–Crippen LogP) is -1.21. The van der Waals surface area contributed by atoms with Crippen molar-refractivity contribution < 1.29 is 42.9 Å². The van der Waals surface area contributed by atoms with Gasteiger partial charge in [-0.3, -0.25) is 0 Å². The minimum atomic E-state index is -4.94. The molecule has 8 heteroatoms. The standard InChI is InChI=1S/C19H20NO2.ClHO4/c1-4-21-19-13-18(22-17-8-6-5-7-16(17)19)14-9-11-15(12-10-14)20(2)3;2-1(3,4)5/h5-13H,4H2,1-3H3;(H,2,3,4,5)/q+1;/p-1. The molecule has 0 N–H and O–H groups in total. The first-order valence-electron chi connectivity index (χ1n) is 8.07. The van der Waals surface area contributed by atoms with Gasteiger partial charge in [0.25, 0.3) is 0 Å². The molecule has 0 radical (unpaired) electrons. The van der Waals surface area contributed by atoms with Crippen LogP contribution in [0.2, 0.25) is 0 Å². The number of nitrogens with zero attached hydrogens (tertiary/aromatic N) is 1. The number of rotatable bonds is 2. The highest BCUT2D eigenvalue weighted by molar-refractivity contribution is 6.02. The third-order valence-electron chi connectivity index (χ3n) is 3.60. The lowest BCUT2D eigenvalue weighted by Gasteiger charge is -2.21. The van der Waals surface area contributed by atoms with Gasteiger partial charge in [-0.25, -0.2) is 23.2 Å². The van der Waals surface area contributed by atoms with Gasteiger partial charge in [-0.1, -0.05) is 12.1 Å². The van der Waals surface area contributed by atoms with Crippen molar-refractivity contribution in [3.05, 3.63) is 71.5 Å². The Bertz CT molecular complexity index is 818. The summed E-state index contributed by atoms with van der Waals surface area (Å²) in [4.78, 5) is 0. The van der Waals surface area contributed by atoms with Gasteiger partial charge in [-0.05, 0) is 31.2 Å². The maximum absolute atomic E-state index is 8.49. The summed E-state index contributed by atoms with van der Waals surface area (Å²) in [6, 6.07) is 7.95. The van der Waals surface area contributed by atoms with E-state index < -0.39 is 10.2 Å².